The number of rotatable bonds is 5. The Labute approximate surface area is 121 Å². The molecule has 0 bridgehead atoms. The molecule has 0 saturated heterocycles. The number of amides is 1. The molecule has 1 amide bonds. The topological polar surface area (TPSA) is 66.1 Å². The van der Waals surface area contributed by atoms with Gasteiger partial charge in [0.15, 0.2) is 0 Å². The normalized spacial score (nSPS) is 10.4. The zero-order valence-electron chi connectivity index (χ0n) is 11.7. The Morgan fingerprint density at radius 2 is 2.14 bits per heavy atom. The number of benzene rings is 1. The molecule has 0 spiro atoms. The lowest BCUT2D eigenvalue weighted by Gasteiger charge is -2.22. The van der Waals surface area contributed by atoms with Crippen molar-refractivity contribution in [3.05, 3.63) is 64.1 Å². The van der Waals surface area contributed by atoms with E-state index in [0.29, 0.717) is 12.1 Å². The number of aromatic nitrogens is 2. The minimum Gasteiger partial charge on any atom is -0.333 e. The standard InChI is InChI=1S/C15H16FN3O2/c1-2-7-19(10-11-5-3-4-6-12(11)16)15(21)13-8-18-14(20)9-17-13/h3-6,8-9H,2,7,10H2,1H3,(H,18,20). The van der Waals surface area contributed by atoms with Gasteiger partial charge in [-0.1, -0.05) is 25.1 Å². The quantitative estimate of drug-likeness (QED) is 0.915. The predicted molar refractivity (Wildman–Crippen MR) is 76.3 cm³/mol. The Morgan fingerprint density at radius 3 is 2.76 bits per heavy atom. The van der Waals surface area contributed by atoms with Crippen molar-refractivity contribution >= 4 is 5.91 Å². The van der Waals surface area contributed by atoms with Crippen LogP contribution in [-0.2, 0) is 6.54 Å². The van der Waals surface area contributed by atoms with E-state index in [1.807, 2.05) is 6.92 Å². The van der Waals surface area contributed by atoms with Gasteiger partial charge in [0, 0.05) is 24.8 Å². The summed E-state index contributed by atoms with van der Waals surface area (Å²) in [4.78, 5) is 31.1. The third-order valence-electron chi connectivity index (χ3n) is 2.99. The molecule has 0 radical (unpaired) electrons. The van der Waals surface area contributed by atoms with Crippen molar-refractivity contribution in [2.75, 3.05) is 6.54 Å². The summed E-state index contributed by atoms with van der Waals surface area (Å²) in [6.07, 6.45) is 3.07. The zero-order chi connectivity index (χ0) is 15.2. The fourth-order valence-electron chi connectivity index (χ4n) is 1.98. The van der Waals surface area contributed by atoms with E-state index in [0.717, 1.165) is 12.6 Å². The summed E-state index contributed by atoms with van der Waals surface area (Å²) in [5.74, 6) is -0.683. The first-order valence-electron chi connectivity index (χ1n) is 6.69. The maximum atomic E-state index is 13.7. The average Bonchev–Trinajstić information content (AvgIpc) is 2.49. The molecule has 1 aromatic carbocycles. The third-order valence-corrected chi connectivity index (χ3v) is 2.99. The van der Waals surface area contributed by atoms with Gasteiger partial charge in [-0.15, -0.1) is 0 Å². The number of aromatic amines is 1. The van der Waals surface area contributed by atoms with Gasteiger partial charge in [0.05, 0.1) is 6.20 Å². The summed E-state index contributed by atoms with van der Waals surface area (Å²) < 4.78 is 13.7. The van der Waals surface area contributed by atoms with Crippen LogP contribution in [0.5, 0.6) is 0 Å². The molecule has 0 aliphatic heterocycles. The molecule has 1 heterocycles. The largest absolute Gasteiger partial charge is 0.333 e. The first kappa shape index (κ1) is 14.9. The molecule has 0 aliphatic rings. The summed E-state index contributed by atoms with van der Waals surface area (Å²) in [6.45, 7) is 2.58. The van der Waals surface area contributed by atoms with Gasteiger partial charge in [-0.2, -0.15) is 0 Å². The SMILES string of the molecule is CCCN(Cc1ccccc1F)C(=O)c1c[nH]c(=O)cn1. The van der Waals surface area contributed by atoms with Gasteiger partial charge in [0.1, 0.15) is 11.5 Å². The van der Waals surface area contributed by atoms with E-state index in [9.17, 15) is 14.0 Å². The Morgan fingerprint density at radius 1 is 1.38 bits per heavy atom. The second-order valence-corrected chi connectivity index (χ2v) is 4.61. The fraction of sp³-hybridized carbons (Fsp3) is 0.267. The second-order valence-electron chi connectivity index (χ2n) is 4.61. The molecule has 21 heavy (non-hydrogen) atoms. The molecule has 2 rings (SSSR count). The Bertz CT molecular complexity index is 664. The lowest BCUT2D eigenvalue weighted by atomic mass is 10.2. The number of nitrogens with one attached hydrogen (secondary N) is 1. The van der Waals surface area contributed by atoms with Gasteiger partial charge in [0.2, 0.25) is 0 Å². The number of halogens is 1. The predicted octanol–water partition coefficient (Wildman–Crippen LogP) is 1.96. The Balaban J connectivity index is 2.22. The molecule has 0 saturated carbocycles. The molecule has 0 aliphatic carbocycles. The monoisotopic (exact) mass is 289 g/mol. The van der Waals surface area contributed by atoms with Crippen molar-refractivity contribution in [3.63, 3.8) is 0 Å². The molecule has 2 aromatic rings. The minimum atomic E-state index is -0.373. The summed E-state index contributed by atoms with van der Waals surface area (Å²) in [7, 11) is 0. The summed E-state index contributed by atoms with van der Waals surface area (Å²) in [5, 5.41) is 0. The Hall–Kier alpha value is -2.50. The first-order chi connectivity index (χ1) is 10.1. The maximum absolute atomic E-state index is 13.7. The average molecular weight is 289 g/mol. The highest BCUT2D eigenvalue weighted by Gasteiger charge is 2.18. The van der Waals surface area contributed by atoms with Gasteiger partial charge >= 0.3 is 0 Å². The highest BCUT2D eigenvalue weighted by molar-refractivity contribution is 5.91. The van der Waals surface area contributed by atoms with Crippen molar-refractivity contribution in [1.29, 1.82) is 0 Å². The third kappa shape index (κ3) is 3.75. The first-order valence-corrected chi connectivity index (χ1v) is 6.69. The number of carbonyl (C=O) groups excluding carboxylic acids is 1. The van der Waals surface area contributed by atoms with Crippen LogP contribution in [0.3, 0.4) is 0 Å². The van der Waals surface area contributed by atoms with Crippen LogP contribution in [0.1, 0.15) is 29.4 Å². The van der Waals surface area contributed by atoms with Crippen LogP contribution in [0.15, 0.2) is 41.5 Å². The molecule has 1 N–H and O–H groups in total. The van der Waals surface area contributed by atoms with E-state index in [1.165, 1.54) is 17.2 Å². The molecule has 0 atom stereocenters. The van der Waals surface area contributed by atoms with Gasteiger partial charge in [-0.3, -0.25) is 9.59 Å². The van der Waals surface area contributed by atoms with Crippen LogP contribution in [-0.4, -0.2) is 27.3 Å². The number of hydrogen-bond acceptors (Lipinski definition) is 3. The number of nitrogens with zero attached hydrogens (tertiary/aromatic N) is 2. The van der Waals surface area contributed by atoms with Crippen molar-refractivity contribution in [1.82, 2.24) is 14.9 Å². The maximum Gasteiger partial charge on any atom is 0.274 e. The zero-order valence-corrected chi connectivity index (χ0v) is 11.7. The highest BCUT2D eigenvalue weighted by Crippen LogP contribution is 2.12. The van der Waals surface area contributed by atoms with Crippen LogP contribution in [0, 0.1) is 5.82 Å². The fourth-order valence-corrected chi connectivity index (χ4v) is 1.98. The molecule has 1 aromatic heterocycles. The van der Waals surface area contributed by atoms with Crippen molar-refractivity contribution < 1.29 is 9.18 Å². The smallest absolute Gasteiger partial charge is 0.274 e. The number of H-pyrrole nitrogens is 1. The van der Waals surface area contributed by atoms with Crippen molar-refractivity contribution in [3.8, 4) is 0 Å². The van der Waals surface area contributed by atoms with Crippen molar-refractivity contribution in [2.45, 2.75) is 19.9 Å². The molecule has 0 unspecified atom stereocenters. The van der Waals surface area contributed by atoms with Crippen LogP contribution >= 0.6 is 0 Å². The molecule has 0 fully saturated rings. The molecular weight excluding hydrogens is 273 g/mol. The summed E-state index contributed by atoms with van der Waals surface area (Å²) >= 11 is 0. The van der Waals surface area contributed by atoms with E-state index in [4.69, 9.17) is 0 Å². The number of hydrogen-bond donors (Lipinski definition) is 1. The highest BCUT2D eigenvalue weighted by atomic mass is 19.1. The molecule has 5 nitrogen and oxygen atoms in total. The van der Waals surface area contributed by atoms with Gasteiger partial charge in [0.25, 0.3) is 11.5 Å². The van der Waals surface area contributed by atoms with Crippen LogP contribution in [0.25, 0.3) is 0 Å². The van der Waals surface area contributed by atoms with Crippen molar-refractivity contribution in [2.24, 2.45) is 0 Å². The summed E-state index contributed by atoms with van der Waals surface area (Å²) in [6, 6.07) is 6.34. The second kappa shape index (κ2) is 6.78. The van der Waals surface area contributed by atoms with Gasteiger partial charge in [-0.05, 0) is 12.5 Å². The minimum absolute atomic E-state index is 0.138. The molecule has 6 heteroatoms. The summed E-state index contributed by atoms with van der Waals surface area (Å²) in [5.41, 5.74) is 0.214. The van der Waals surface area contributed by atoms with E-state index in [-0.39, 0.29) is 29.5 Å². The number of carbonyl (C=O) groups is 1. The van der Waals surface area contributed by atoms with Gasteiger partial charge in [-0.25, -0.2) is 9.37 Å². The van der Waals surface area contributed by atoms with Crippen LogP contribution in [0.2, 0.25) is 0 Å². The van der Waals surface area contributed by atoms with E-state index < -0.39 is 0 Å². The lowest BCUT2D eigenvalue weighted by Crippen LogP contribution is -2.32. The van der Waals surface area contributed by atoms with Crippen LogP contribution < -0.4 is 5.56 Å². The van der Waals surface area contributed by atoms with Gasteiger partial charge < -0.3 is 9.88 Å². The molecule has 110 valence electrons. The lowest BCUT2D eigenvalue weighted by molar-refractivity contribution is 0.0735. The molecular formula is C15H16FN3O2. The van der Waals surface area contributed by atoms with E-state index in [2.05, 4.69) is 9.97 Å². The Kier molecular flexibility index (Phi) is 4.81. The van der Waals surface area contributed by atoms with E-state index in [1.54, 1.807) is 18.2 Å². The van der Waals surface area contributed by atoms with E-state index >= 15 is 0 Å². The van der Waals surface area contributed by atoms with Crippen LogP contribution in [0.4, 0.5) is 4.39 Å².